The quantitative estimate of drug-likeness (QED) is 0.583. The lowest BCUT2D eigenvalue weighted by molar-refractivity contribution is -0.0230. The molecular weight excluding hydrogens is 253 g/mol. The maximum absolute atomic E-state index is 13.6. The first-order valence-electron chi connectivity index (χ1n) is 5.45. The summed E-state index contributed by atoms with van der Waals surface area (Å²) in [6.07, 6.45) is 1.06. The van der Waals surface area contributed by atoms with Crippen LogP contribution < -0.4 is 0 Å². The van der Waals surface area contributed by atoms with Crippen molar-refractivity contribution in [1.29, 1.82) is 0 Å². The molecule has 5 heteroatoms. The molecule has 1 aromatic carbocycles. The smallest absolute Gasteiger partial charge is 0.161 e. The first kappa shape index (κ1) is 12.7. The molecule has 1 fully saturated rings. The Morgan fingerprint density at radius 3 is 2.59 bits per heavy atom. The minimum absolute atomic E-state index is 0.0502. The van der Waals surface area contributed by atoms with Crippen LogP contribution in [0.5, 0.6) is 0 Å². The minimum Gasteiger partial charge on any atom is -0.373 e. The van der Waals surface area contributed by atoms with Gasteiger partial charge in [0.1, 0.15) is 5.82 Å². The van der Waals surface area contributed by atoms with E-state index in [1.165, 1.54) is 0 Å². The summed E-state index contributed by atoms with van der Waals surface area (Å²) in [5.41, 5.74) is 0.0502. The number of ether oxygens (including phenoxy) is 1. The van der Waals surface area contributed by atoms with Crippen LogP contribution in [0.1, 0.15) is 24.5 Å². The molecule has 0 saturated carbocycles. The van der Waals surface area contributed by atoms with Gasteiger partial charge in [-0.25, -0.2) is 13.2 Å². The van der Waals surface area contributed by atoms with Crippen LogP contribution in [-0.4, -0.2) is 12.5 Å². The summed E-state index contributed by atoms with van der Waals surface area (Å²) in [4.78, 5) is 0. The van der Waals surface area contributed by atoms with Gasteiger partial charge in [0.15, 0.2) is 11.6 Å². The molecule has 1 aromatic rings. The Balaban J connectivity index is 2.34. The van der Waals surface area contributed by atoms with Gasteiger partial charge in [-0.1, -0.05) is 0 Å². The van der Waals surface area contributed by atoms with Gasteiger partial charge >= 0.3 is 0 Å². The fourth-order valence-electron chi connectivity index (χ4n) is 2.10. The number of alkyl halides is 1. The van der Waals surface area contributed by atoms with Gasteiger partial charge in [-0.15, -0.1) is 11.6 Å². The van der Waals surface area contributed by atoms with Crippen LogP contribution in [0.15, 0.2) is 12.1 Å². The molecule has 0 N–H and O–H groups in total. The number of halogens is 4. The predicted octanol–water partition coefficient (Wildman–Crippen LogP) is 3.81. The molecule has 0 bridgehead atoms. The Hall–Kier alpha value is -0.740. The Bertz CT molecular complexity index is 411. The molecule has 0 aromatic heterocycles. The van der Waals surface area contributed by atoms with E-state index in [-0.39, 0.29) is 11.5 Å². The SMILES string of the molecule is Fc1cc(F)c(C2OCCCC2CCl)cc1F. The Labute approximate surface area is 103 Å². The average Bonchev–Trinajstić information content (AvgIpc) is 2.34. The summed E-state index contributed by atoms with van der Waals surface area (Å²) >= 11 is 5.78. The highest BCUT2D eigenvalue weighted by atomic mass is 35.5. The number of rotatable bonds is 2. The van der Waals surface area contributed by atoms with E-state index in [9.17, 15) is 13.2 Å². The van der Waals surface area contributed by atoms with E-state index < -0.39 is 23.6 Å². The lowest BCUT2D eigenvalue weighted by Gasteiger charge is -2.31. The highest BCUT2D eigenvalue weighted by Gasteiger charge is 2.29. The second-order valence-electron chi connectivity index (χ2n) is 4.14. The lowest BCUT2D eigenvalue weighted by Crippen LogP contribution is -2.24. The molecule has 1 saturated heterocycles. The van der Waals surface area contributed by atoms with Crippen LogP contribution in [0, 0.1) is 23.4 Å². The zero-order chi connectivity index (χ0) is 12.4. The molecule has 2 rings (SSSR count). The van der Waals surface area contributed by atoms with Crippen molar-refractivity contribution in [3.05, 3.63) is 35.1 Å². The van der Waals surface area contributed by atoms with E-state index in [0.29, 0.717) is 18.6 Å². The normalized spacial score (nSPS) is 24.9. The van der Waals surface area contributed by atoms with Crippen LogP contribution in [0.2, 0.25) is 0 Å². The van der Waals surface area contributed by atoms with Crippen molar-refractivity contribution in [3.8, 4) is 0 Å². The van der Waals surface area contributed by atoms with Gasteiger partial charge in [-0.2, -0.15) is 0 Å². The van der Waals surface area contributed by atoms with Gasteiger partial charge < -0.3 is 4.74 Å². The molecule has 0 radical (unpaired) electrons. The standard InChI is InChI=1S/C12H12ClF3O/c13-6-7-2-1-3-17-12(7)8-4-10(15)11(16)5-9(8)14/h4-5,7,12H,1-3,6H2. The first-order valence-corrected chi connectivity index (χ1v) is 5.99. The highest BCUT2D eigenvalue weighted by Crippen LogP contribution is 2.36. The minimum atomic E-state index is -1.19. The fraction of sp³-hybridized carbons (Fsp3) is 0.500. The molecule has 1 heterocycles. The zero-order valence-electron chi connectivity index (χ0n) is 9.06. The molecule has 17 heavy (non-hydrogen) atoms. The van der Waals surface area contributed by atoms with Crippen molar-refractivity contribution in [1.82, 2.24) is 0 Å². The third-order valence-corrected chi connectivity index (χ3v) is 3.39. The Morgan fingerprint density at radius 2 is 1.88 bits per heavy atom. The van der Waals surface area contributed by atoms with E-state index >= 15 is 0 Å². The number of benzene rings is 1. The summed E-state index contributed by atoms with van der Waals surface area (Å²) in [5.74, 6) is -2.80. The topological polar surface area (TPSA) is 9.23 Å². The van der Waals surface area contributed by atoms with Crippen LogP contribution in [0.25, 0.3) is 0 Å². The monoisotopic (exact) mass is 264 g/mol. The zero-order valence-corrected chi connectivity index (χ0v) is 9.81. The predicted molar refractivity (Wildman–Crippen MR) is 58.5 cm³/mol. The van der Waals surface area contributed by atoms with E-state index in [2.05, 4.69) is 0 Å². The Morgan fingerprint density at radius 1 is 1.18 bits per heavy atom. The van der Waals surface area contributed by atoms with E-state index in [1.807, 2.05) is 0 Å². The van der Waals surface area contributed by atoms with E-state index in [4.69, 9.17) is 16.3 Å². The van der Waals surface area contributed by atoms with Crippen molar-refractivity contribution >= 4 is 11.6 Å². The molecule has 0 spiro atoms. The summed E-state index contributed by atoms with van der Waals surface area (Å²) in [5, 5.41) is 0. The molecule has 0 amide bonds. The van der Waals surface area contributed by atoms with Crippen molar-refractivity contribution < 1.29 is 17.9 Å². The summed E-state index contributed by atoms with van der Waals surface area (Å²) < 4.78 is 45.0. The molecular formula is C12H12ClF3O. The summed E-state index contributed by atoms with van der Waals surface area (Å²) in [6.45, 7) is 0.483. The molecule has 1 aliphatic heterocycles. The molecule has 94 valence electrons. The van der Waals surface area contributed by atoms with E-state index in [1.54, 1.807) is 0 Å². The van der Waals surface area contributed by atoms with E-state index in [0.717, 1.165) is 18.9 Å². The molecule has 1 nitrogen and oxygen atoms in total. The van der Waals surface area contributed by atoms with Gasteiger partial charge in [-0.3, -0.25) is 0 Å². The van der Waals surface area contributed by atoms with Gasteiger partial charge in [0.05, 0.1) is 6.10 Å². The fourth-order valence-corrected chi connectivity index (χ4v) is 2.42. The van der Waals surface area contributed by atoms with Crippen molar-refractivity contribution in [2.24, 2.45) is 5.92 Å². The number of hydrogen-bond acceptors (Lipinski definition) is 1. The third-order valence-electron chi connectivity index (χ3n) is 2.99. The summed E-state index contributed by atoms with van der Waals surface area (Å²) in [7, 11) is 0. The second-order valence-corrected chi connectivity index (χ2v) is 4.44. The van der Waals surface area contributed by atoms with Gasteiger partial charge in [0, 0.05) is 30.0 Å². The average molecular weight is 265 g/mol. The van der Waals surface area contributed by atoms with Crippen molar-refractivity contribution in [2.45, 2.75) is 18.9 Å². The Kier molecular flexibility index (Phi) is 3.94. The lowest BCUT2D eigenvalue weighted by atomic mass is 9.90. The highest BCUT2D eigenvalue weighted by molar-refractivity contribution is 6.18. The number of hydrogen-bond donors (Lipinski definition) is 0. The first-order chi connectivity index (χ1) is 8.13. The second kappa shape index (κ2) is 5.27. The summed E-state index contributed by atoms with van der Waals surface area (Å²) in [6, 6.07) is 1.41. The van der Waals surface area contributed by atoms with Crippen LogP contribution in [-0.2, 0) is 4.74 Å². The van der Waals surface area contributed by atoms with Gasteiger partial charge in [0.25, 0.3) is 0 Å². The third kappa shape index (κ3) is 2.58. The van der Waals surface area contributed by atoms with Gasteiger partial charge in [0.2, 0.25) is 0 Å². The van der Waals surface area contributed by atoms with Gasteiger partial charge in [-0.05, 0) is 18.9 Å². The van der Waals surface area contributed by atoms with Crippen molar-refractivity contribution in [2.75, 3.05) is 12.5 Å². The molecule has 0 aliphatic carbocycles. The molecule has 2 unspecified atom stereocenters. The maximum atomic E-state index is 13.6. The largest absolute Gasteiger partial charge is 0.373 e. The van der Waals surface area contributed by atoms with Crippen LogP contribution in [0.4, 0.5) is 13.2 Å². The van der Waals surface area contributed by atoms with Crippen LogP contribution in [0.3, 0.4) is 0 Å². The molecule has 2 atom stereocenters. The van der Waals surface area contributed by atoms with Crippen molar-refractivity contribution in [3.63, 3.8) is 0 Å². The maximum Gasteiger partial charge on any atom is 0.161 e. The van der Waals surface area contributed by atoms with Crippen LogP contribution >= 0.6 is 11.6 Å². The molecule has 1 aliphatic rings.